The Morgan fingerprint density at radius 2 is 1.97 bits per heavy atom. The maximum atomic E-state index is 14.1. The van der Waals surface area contributed by atoms with Crippen LogP contribution in [-0.4, -0.2) is 56.9 Å². The molecule has 7 nitrogen and oxygen atoms in total. The van der Waals surface area contributed by atoms with Gasteiger partial charge in [-0.25, -0.2) is 13.6 Å². The number of alkyl carbamates (subject to hydrolysis) is 1. The molecule has 1 aromatic carbocycles. The highest BCUT2D eigenvalue weighted by Crippen LogP contribution is 2.33. The van der Waals surface area contributed by atoms with Crippen molar-refractivity contribution in [2.75, 3.05) is 37.7 Å². The SMILES string of the molecule is CCNC(=NCC(NC(=O)OCC)C1CC1)NC1CCN(c2c(F)cccc2F)C1.I. The van der Waals surface area contributed by atoms with Gasteiger partial charge >= 0.3 is 6.09 Å². The van der Waals surface area contributed by atoms with Crippen molar-refractivity contribution in [3.8, 4) is 0 Å². The minimum atomic E-state index is -0.548. The van der Waals surface area contributed by atoms with Gasteiger partial charge in [0.25, 0.3) is 0 Å². The Hall–Kier alpha value is -1.85. The Kier molecular flexibility index (Phi) is 10.0. The van der Waals surface area contributed by atoms with Gasteiger partial charge < -0.3 is 25.6 Å². The van der Waals surface area contributed by atoms with Gasteiger partial charge in [-0.3, -0.25) is 4.99 Å². The van der Waals surface area contributed by atoms with Crippen LogP contribution in [0, 0.1) is 17.6 Å². The molecule has 3 rings (SSSR count). The summed E-state index contributed by atoms with van der Waals surface area (Å²) in [6.45, 7) is 6.24. The average molecular weight is 551 g/mol. The van der Waals surface area contributed by atoms with Gasteiger partial charge in [0, 0.05) is 25.7 Å². The van der Waals surface area contributed by atoms with E-state index < -0.39 is 17.7 Å². The summed E-state index contributed by atoms with van der Waals surface area (Å²) in [6.07, 6.45) is 2.47. The summed E-state index contributed by atoms with van der Waals surface area (Å²) in [5.74, 6) is -0.0382. The Morgan fingerprint density at radius 3 is 2.58 bits per heavy atom. The lowest BCUT2D eigenvalue weighted by Crippen LogP contribution is -2.46. The fraction of sp³-hybridized carbons (Fsp3) is 0.619. The van der Waals surface area contributed by atoms with Gasteiger partial charge in [-0.2, -0.15) is 0 Å². The zero-order valence-electron chi connectivity index (χ0n) is 18.0. The van der Waals surface area contributed by atoms with E-state index in [4.69, 9.17) is 4.74 Å². The molecule has 0 spiro atoms. The zero-order chi connectivity index (χ0) is 21.5. The number of hydrogen-bond acceptors (Lipinski definition) is 4. The van der Waals surface area contributed by atoms with E-state index in [1.165, 1.54) is 18.2 Å². The van der Waals surface area contributed by atoms with Crippen LogP contribution in [0.5, 0.6) is 0 Å². The molecule has 2 aliphatic rings. The van der Waals surface area contributed by atoms with Crippen LogP contribution < -0.4 is 20.9 Å². The maximum Gasteiger partial charge on any atom is 0.407 e. The molecule has 2 atom stereocenters. The molecule has 2 unspecified atom stereocenters. The van der Waals surface area contributed by atoms with Gasteiger partial charge in [-0.15, -0.1) is 24.0 Å². The zero-order valence-corrected chi connectivity index (χ0v) is 20.3. The van der Waals surface area contributed by atoms with Crippen molar-refractivity contribution < 1.29 is 18.3 Å². The number of ether oxygens (including phenoxy) is 1. The van der Waals surface area contributed by atoms with Crippen LogP contribution in [0.3, 0.4) is 0 Å². The van der Waals surface area contributed by atoms with E-state index in [-0.39, 0.29) is 41.7 Å². The molecule has 1 saturated heterocycles. The molecule has 1 heterocycles. The Bertz CT molecular complexity index is 743. The van der Waals surface area contributed by atoms with Gasteiger partial charge in [0.2, 0.25) is 0 Å². The van der Waals surface area contributed by atoms with Gasteiger partial charge in [0.05, 0.1) is 19.2 Å². The predicted molar refractivity (Wildman–Crippen MR) is 128 cm³/mol. The second-order valence-electron chi connectivity index (χ2n) is 7.67. The monoisotopic (exact) mass is 551 g/mol. The normalized spacial score (nSPS) is 19.4. The van der Waals surface area contributed by atoms with Crippen molar-refractivity contribution >= 4 is 41.7 Å². The Balaban J connectivity index is 0.00000341. The van der Waals surface area contributed by atoms with Crippen molar-refractivity contribution in [3.63, 3.8) is 0 Å². The first-order chi connectivity index (χ1) is 14.5. The van der Waals surface area contributed by atoms with Crippen molar-refractivity contribution in [1.29, 1.82) is 0 Å². The number of nitrogens with zero attached hydrogens (tertiary/aromatic N) is 2. The molecule has 0 radical (unpaired) electrons. The third-order valence-electron chi connectivity index (χ3n) is 5.34. The van der Waals surface area contributed by atoms with E-state index in [1.54, 1.807) is 11.8 Å². The molecule has 1 amide bonds. The maximum absolute atomic E-state index is 14.1. The molecular weight excluding hydrogens is 519 g/mol. The van der Waals surface area contributed by atoms with Crippen molar-refractivity contribution in [2.24, 2.45) is 10.9 Å². The van der Waals surface area contributed by atoms with E-state index in [0.717, 1.165) is 19.3 Å². The number of anilines is 1. The summed E-state index contributed by atoms with van der Waals surface area (Å²) in [5.41, 5.74) is 0.0242. The van der Waals surface area contributed by atoms with Gasteiger partial charge in [0.1, 0.15) is 17.3 Å². The van der Waals surface area contributed by atoms with E-state index in [1.807, 2.05) is 6.92 Å². The first-order valence-electron chi connectivity index (χ1n) is 10.7. The summed E-state index contributed by atoms with van der Waals surface area (Å²) in [7, 11) is 0. The summed E-state index contributed by atoms with van der Waals surface area (Å²) >= 11 is 0. The average Bonchev–Trinajstić information content (AvgIpc) is 3.45. The van der Waals surface area contributed by atoms with Crippen LogP contribution in [0.15, 0.2) is 23.2 Å². The third kappa shape index (κ3) is 7.36. The second kappa shape index (κ2) is 12.3. The van der Waals surface area contributed by atoms with Crippen LogP contribution in [0.4, 0.5) is 19.3 Å². The number of hydrogen-bond donors (Lipinski definition) is 3. The third-order valence-corrected chi connectivity index (χ3v) is 5.34. The standard InChI is InChI=1S/C21H31F2N5O2.HI/c1-3-24-20(25-12-18(14-8-9-14)27-21(29)30-4-2)26-15-10-11-28(13-15)19-16(22)6-5-7-17(19)23;/h5-7,14-15,18H,3-4,8-13H2,1-2H3,(H,27,29)(H2,24,25,26);1H. The summed E-state index contributed by atoms with van der Waals surface area (Å²) < 4.78 is 33.1. The quantitative estimate of drug-likeness (QED) is 0.263. The largest absolute Gasteiger partial charge is 0.450 e. The number of guanidine groups is 1. The van der Waals surface area contributed by atoms with Crippen LogP contribution in [0.1, 0.15) is 33.1 Å². The van der Waals surface area contributed by atoms with E-state index >= 15 is 0 Å². The van der Waals surface area contributed by atoms with E-state index in [9.17, 15) is 13.6 Å². The van der Waals surface area contributed by atoms with Crippen LogP contribution in [0.25, 0.3) is 0 Å². The number of aliphatic imine (C=N–C) groups is 1. The van der Waals surface area contributed by atoms with Gasteiger partial charge in [-0.1, -0.05) is 6.07 Å². The lowest BCUT2D eigenvalue weighted by atomic mass is 10.2. The first-order valence-corrected chi connectivity index (χ1v) is 10.7. The second-order valence-corrected chi connectivity index (χ2v) is 7.67. The van der Waals surface area contributed by atoms with Gasteiger partial charge in [0.15, 0.2) is 5.96 Å². The van der Waals surface area contributed by atoms with Crippen LogP contribution in [-0.2, 0) is 4.74 Å². The number of rotatable bonds is 8. The molecule has 1 aromatic rings. The van der Waals surface area contributed by atoms with Crippen molar-refractivity contribution in [2.45, 2.75) is 45.2 Å². The highest BCUT2D eigenvalue weighted by Gasteiger charge is 2.33. The van der Waals surface area contributed by atoms with E-state index in [2.05, 4.69) is 20.9 Å². The molecule has 174 valence electrons. The highest BCUT2D eigenvalue weighted by molar-refractivity contribution is 14.0. The van der Waals surface area contributed by atoms with Crippen LogP contribution >= 0.6 is 24.0 Å². The smallest absolute Gasteiger partial charge is 0.407 e. The number of amides is 1. The molecule has 10 heteroatoms. The summed E-state index contributed by atoms with van der Waals surface area (Å²) in [4.78, 5) is 18.1. The lowest BCUT2D eigenvalue weighted by Gasteiger charge is -2.22. The topological polar surface area (TPSA) is 78.0 Å². The molecule has 3 N–H and O–H groups in total. The number of halogens is 3. The minimum Gasteiger partial charge on any atom is -0.450 e. The molecule has 2 fully saturated rings. The molecule has 31 heavy (non-hydrogen) atoms. The fourth-order valence-corrected chi connectivity index (χ4v) is 3.71. The lowest BCUT2D eigenvalue weighted by molar-refractivity contribution is 0.147. The van der Waals surface area contributed by atoms with Crippen molar-refractivity contribution in [1.82, 2.24) is 16.0 Å². The number of carbonyl (C=O) groups is 1. The first kappa shape index (κ1) is 25.4. The molecule has 1 aliphatic heterocycles. The minimum absolute atomic E-state index is 0. The fourth-order valence-electron chi connectivity index (χ4n) is 3.71. The van der Waals surface area contributed by atoms with Crippen molar-refractivity contribution in [3.05, 3.63) is 29.8 Å². The Morgan fingerprint density at radius 1 is 1.26 bits per heavy atom. The number of nitrogens with one attached hydrogen (secondary N) is 3. The molecule has 0 bridgehead atoms. The van der Waals surface area contributed by atoms with Crippen LogP contribution in [0.2, 0.25) is 0 Å². The molecule has 1 saturated carbocycles. The molecule has 1 aliphatic carbocycles. The number of benzene rings is 1. The molecule has 0 aromatic heterocycles. The Labute approximate surface area is 199 Å². The predicted octanol–water partition coefficient (Wildman–Crippen LogP) is 3.24. The summed E-state index contributed by atoms with van der Waals surface area (Å²) in [6, 6.07) is 3.88. The highest BCUT2D eigenvalue weighted by atomic mass is 127. The number of carbonyl (C=O) groups excluding carboxylic acids is 1. The van der Waals surface area contributed by atoms with E-state index in [0.29, 0.717) is 44.7 Å². The molecular formula is C21H32F2IN5O2. The summed E-state index contributed by atoms with van der Waals surface area (Å²) in [5, 5.41) is 9.46. The van der Waals surface area contributed by atoms with Gasteiger partial charge in [-0.05, 0) is 51.2 Å². The number of para-hydroxylation sites is 1.